The number of hydrogen-bond acceptors (Lipinski definition) is 7. The van der Waals surface area contributed by atoms with Gasteiger partial charge in [0.1, 0.15) is 10.6 Å². The van der Waals surface area contributed by atoms with E-state index in [1.165, 1.54) is 20.3 Å². The van der Waals surface area contributed by atoms with E-state index in [2.05, 4.69) is 10.0 Å². The molecule has 0 saturated heterocycles. The van der Waals surface area contributed by atoms with E-state index in [9.17, 15) is 13.2 Å². The van der Waals surface area contributed by atoms with Crippen LogP contribution in [0, 0.1) is 0 Å². The summed E-state index contributed by atoms with van der Waals surface area (Å²) in [4.78, 5) is 11.8. The molecule has 0 aliphatic carbocycles. The van der Waals surface area contributed by atoms with Crippen LogP contribution in [0.1, 0.15) is 10.4 Å². The highest BCUT2D eigenvalue weighted by Gasteiger charge is 2.21. The summed E-state index contributed by atoms with van der Waals surface area (Å²) in [5.41, 5.74) is 8.29. The van der Waals surface area contributed by atoms with E-state index in [0.717, 1.165) is 5.69 Å². The summed E-state index contributed by atoms with van der Waals surface area (Å²) in [6.45, 7) is 1.02. The number of anilines is 2. The van der Waals surface area contributed by atoms with E-state index < -0.39 is 16.0 Å². The molecular weight excluding hydrogens is 501 g/mol. The molecule has 4 N–H and O–H groups in total. The molecule has 0 aliphatic heterocycles. The van der Waals surface area contributed by atoms with Crippen LogP contribution in [0.25, 0.3) is 11.1 Å². The number of methoxy groups -OCH3 is 2. The summed E-state index contributed by atoms with van der Waals surface area (Å²) in [6.07, 6.45) is 0. The SMILES string of the molecule is COC(=O)c1cccc(-c2ccc(OC)c(S(=O)(=O)Nc3cccc(NCCN)c3)c2)c1.Cl.Cl. The van der Waals surface area contributed by atoms with Gasteiger partial charge in [-0.15, -0.1) is 24.8 Å². The van der Waals surface area contributed by atoms with Gasteiger partial charge >= 0.3 is 5.97 Å². The normalized spacial score (nSPS) is 10.3. The largest absolute Gasteiger partial charge is 0.495 e. The van der Waals surface area contributed by atoms with Crippen LogP contribution in [0.15, 0.2) is 71.6 Å². The molecule has 0 amide bonds. The molecule has 0 aliphatic rings. The Morgan fingerprint density at radius 3 is 2.26 bits per heavy atom. The van der Waals surface area contributed by atoms with Crippen molar-refractivity contribution in [3.8, 4) is 16.9 Å². The number of nitrogens with one attached hydrogen (secondary N) is 2. The van der Waals surface area contributed by atoms with Crippen LogP contribution in [0.2, 0.25) is 0 Å². The zero-order valence-electron chi connectivity index (χ0n) is 18.6. The molecule has 0 unspecified atom stereocenters. The Morgan fingerprint density at radius 2 is 1.59 bits per heavy atom. The van der Waals surface area contributed by atoms with E-state index in [0.29, 0.717) is 35.5 Å². The minimum atomic E-state index is -3.97. The highest BCUT2D eigenvalue weighted by atomic mass is 35.5. The fourth-order valence-corrected chi connectivity index (χ4v) is 4.37. The molecule has 0 fully saturated rings. The lowest BCUT2D eigenvalue weighted by atomic mass is 10.0. The van der Waals surface area contributed by atoms with Crippen molar-refractivity contribution in [1.29, 1.82) is 0 Å². The molecule has 184 valence electrons. The highest BCUT2D eigenvalue weighted by molar-refractivity contribution is 7.92. The van der Waals surface area contributed by atoms with Gasteiger partial charge in [-0.3, -0.25) is 4.72 Å². The fourth-order valence-electron chi connectivity index (χ4n) is 3.13. The van der Waals surface area contributed by atoms with Gasteiger partial charge in [0.2, 0.25) is 0 Å². The quantitative estimate of drug-likeness (QED) is 0.357. The van der Waals surface area contributed by atoms with Crippen LogP contribution < -0.4 is 20.5 Å². The summed E-state index contributed by atoms with van der Waals surface area (Å²) in [5, 5.41) is 3.11. The summed E-state index contributed by atoms with van der Waals surface area (Å²) >= 11 is 0. The lowest BCUT2D eigenvalue weighted by molar-refractivity contribution is 0.0600. The fraction of sp³-hybridized carbons (Fsp3) is 0.174. The minimum Gasteiger partial charge on any atom is -0.495 e. The number of carbonyl (C=O) groups is 1. The molecule has 0 aromatic heterocycles. The van der Waals surface area contributed by atoms with Gasteiger partial charge in [0.05, 0.1) is 25.5 Å². The van der Waals surface area contributed by atoms with E-state index in [1.807, 2.05) is 6.07 Å². The number of hydrogen-bond donors (Lipinski definition) is 3. The van der Waals surface area contributed by atoms with Crippen molar-refractivity contribution >= 4 is 52.2 Å². The van der Waals surface area contributed by atoms with Crippen molar-refractivity contribution in [3.05, 3.63) is 72.3 Å². The molecule has 0 saturated carbocycles. The van der Waals surface area contributed by atoms with Gasteiger partial charge in [-0.1, -0.05) is 24.3 Å². The Kier molecular flexibility index (Phi) is 11.1. The molecule has 0 atom stereocenters. The second-order valence-corrected chi connectivity index (χ2v) is 8.49. The average molecular weight is 528 g/mol. The van der Waals surface area contributed by atoms with Crippen LogP contribution in [-0.4, -0.2) is 41.7 Å². The van der Waals surface area contributed by atoms with Gasteiger partial charge < -0.3 is 20.5 Å². The van der Waals surface area contributed by atoms with Crippen molar-refractivity contribution in [2.24, 2.45) is 5.73 Å². The molecule has 0 radical (unpaired) electrons. The molecule has 11 heteroatoms. The standard InChI is InChI=1S/C23H25N3O5S.2ClH/c1-30-21-10-9-17(16-5-3-6-18(13-16)23(27)31-2)14-22(21)32(28,29)26-20-8-4-7-19(15-20)25-12-11-24;;/h3-10,13-15,25-26H,11-12,24H2,1-2H3;2*1H. The Bertz CT molecular complexity index is 1220. The molecule has 3 rings (SSSR count). The highest BCUT2D eigenvalue weighted by Crippen LogP contribution is 2.32. The van der Waals surface area contributed by atoms with Crippen molar-refractivity contribution in [3.63, 3.8) is 0 Å². The van der Waals surface area contributed by atoms with Crippen LogP contribution >= 0.6 is 24.8 Å². The third-order valence-electron chi connectivity index (χ3n) is 4.66. The lowest BCUT2D eigenvalue weighted by Gasteiger charge is -2.14. The van der Waals surface area contributed by atoms with Gasteiger partial charge in [-0.25, -0.2) is 13.2 Å². The summed E-state index contributed by atoms with van der Waals surface area (Å²) in [6, 6.07) is 18.5. The second kappa shape index (κ2) is 13.0. The summed E-state index contributed by atoms with van der Waals surface area (Å²) in [7, 11) is -1.26. The van der Waals surface area contributed by atoms with E-state index in [4.69, 9.17) is 15.2 Å². The number of halogens is 2. The average Bonchev–Trinajstić information content (AvgIpc) is 2.81. The van der Waals surface area contributed by atoms with Crippen LogP contribution in [-0.2, 0) is 14.8 Å². The first-order valence-corrected chi connectivity index (χ1v) is 11.3. The van der Waals surface area contributed by atoms with Gasteiger partial charge in [-0.05, 0) is 53.6 Å². The molecule has 0 heterocycles. The van der Waals surface area contributed by atoms with Gasteiger partial charge in [0.25, 0.3) is 10.0 Å². The molecule has 3 aromatic carbocycles. The van der Waals surface area contributed by atoms with Crippen LogP contribution in [0.5, 0.6) is 5.75 Å². The van der Waals surface area contributed by atoms with E-state index >= 15 is 0 Å². The number of esters is 1. The summed E-state index contributed by atoms with van der Waals surface area (Å²) < 4.78 is 39.1. The first-order chi connectivity index (χ1) is 15.4. The Morgan fingerprint density at radius 1 is 0.912 bits per heavy atom. The zero-order chi connectivity index (χ0) is 23.1. The maximum Gasteiger partial charge on any atom is 0.337 e. The number of ether oxygens (including phenoxy) is 2. The van der Waals surface area contributed by atoms with Crippen molar-refractivity contribution in [2.45, 2.75) is 4.90 Å². The summed E-state index contributed by atoms with van der Waals surface area (Å²) in [5.74, 6) is -0.277. The molecule has 8 nitrogen and oxygen atoms in total. The lowest BCUT2D eigenvalue weighted by Crippen LogP contribution is -2.15. The van der Waals surface area contributed by atoms with Crippen molar-refractivity contribution < 1.29 is 22.7 Å². The van der Waals surface area contributed by atoms with Crippen molar-refractivity contribution in [2.75, 3.05) is 37.3 Å². The molecule has 0 spiro atoms. The van der Waals surface area contributed by atoms with Gasteiger partial charge in [0.15, 0.2) is 0 Å². The number of sulfonamides is 1. The smallest absolute Gasteiger partial charge is 0.337 e. The van der Waals surface area contributed by atoms with E-state index in [-0.39, 0.29) is 35.5 Å². The number of nitrogens with two attached hydrogens (primary N) is 1. The Balaban J connectivity index is 0.00000289. The number of rotatable bonds is 9. The number of benzene rings is 3. The molecular formula is C23H27Cl2N3O5S. The Labute approximate surface area is 211 Å². The number of carbonyl (C=O) groups excluding carboxylic acids is 1. The predicted molar refractivity (Wildman–Crippen MR) is 139 cm³/mol. The second-order valence-electron chi connectivity index (χ2n) is 6.84. The predicted octanol–water partition coefficient (Wildman–Crippen LogP) is 4.16. The molecule has 34 heavy (non-hydrogen) atoms. The Hall–Kier alpha value is -2.98. The van der Waals surface area contributed by atoms with Crippen LogP contribution in [0.4, 0.5) is 11.4 Å². The zero-order valence-corrected chi connectivity index (χ0v) is 21.1. The molecule has 3 aromatic rings. The first-order valence-electron chi connectivity index (χ1n) is 9.81. The topological polar surface area (TPSA) is 120 Å². The maximum atomic E-state index is 13.2. The van der Waals surface area contributed by atoms with Gasteiger partial charge in [-0.2, -0.15) is 0 Å². The maximum absolute atomic E-state index is 13.2. The van der Waals surface area contributed by atoms with Crippen molar-refractivity contribution in [1.82, 2.24) is 0 Å². The molecule has 0 bridgehead atoms. The van der Waals surface area contributed by atoms with E-state index in [1.54, 1.807) is 54.6 Å². The third-order valence-corrected chi connectivity index (χ3v) is 6.06. The van der Waals surface area contributed by atoms with Crippen LogP contribution in [0.3, 0.4) is 0 Å². The minimum absolute atomic E-state index is 0. The van der Waals surface area contributed by atoms with Gasteiger partial charge in [0, 0.05) is 18.8 Å². The third kappa shape index (κ3) is 7.01. The first kappa shape index (κ1) is 29.1. The monoisotopic (exact) mass is 527 g/mol.